The maximum absolute atomic E-state index is 6.27. The van der Waals surface area contributed by atoms with Crippen molar-refractivity contribution in [1.29, 1.82) is 0 Å². The summed E-state index contributed by atoms with van der Waals surface area (Å²) in [4.78, 5) is 0. The summed E-state index contributed by atoms with van der Waals surface area (Å²) in [5.41, 5.74) is 8.99. The molecule has 0 saturated heterocycles. The number of rotatable bonds is 8. The summed E-state index contributed by atoms with van der Waals surface area (Å²) in [6.07, 6.45) is 4.19. The molecule has 2 aromatic carbocycles. The van der Waals surface area contributed by atoms with E-state index in [9.17, 15) is 0 Å². The predicted octanol–water partition coefficient (Wildman–Crippen LogP) is 3.17. The highest BCUT2D eigenvalue weighted by atomic mass is 14.9. The van der Waals surface area contributed by atoms with E-state index in [0.717, 1.165) is 25.7 Å². The minimum absolute atomic E-state index is 0.235. The topological polar surface area (TPSA) is 38.0 Å². The maximum Gasteiger partial charge on any atom is 0.0105 e. The lowest BCUT2D eigenvalue weighted by atomic mass is 9.97. The quantitative estimate of drug-likeness (QED) is 0.780. The normalized spacial score (nSPS) is 13.8. The molecule has 0 unspecified atom stereocenters. The Morgan fingerprint density at radius 2 is 1.33 bits per heavy atom. The Morgan fingerprint density at radius 3 is 1.86 bits per heavy atom. The molecular formula is C19H26N2. The zero-order valence-electron chi connectivity index (χ0n) is 12.8. The van der Waals surface area contributed by atoms with Crippen molar-refractivity contribution in [3.63, 3.8) is 0 Å². The molecule has 0 saturated carbocycles. The van der Waals surface area contributed by atoms with Crippen molar-refractivity contribution in [2.24, 2.45) is 5.73 Å². The third-order valence-electron chi connectivity index (χ3n) is 3.96. The second kappa shape index (κ2) is 8.60. The lowest BCUT2D eigenvalue weighted by Crippen LogP contribution is -2.31. The van der Waals surface area contributed by atoms with Crippen LogP contribution in [-0.4, -0.2) is 19.1 Å². The van der Waals surface area contributed by atoms with Gasteiger partial charge in [0, 0.05) is 12.1 Å². The Bertz CT molecular complexity index is 495. The van der Waals surface area contributed by atoms with E-state index >= 15 is 0 Å². The predicted molar refractivity (Wildman–Crippen MR) is 90.3 cm³/mol. The maximum atomic E-state index is 6.27. The van der Waals surface area contributed by atoms with Gasteiger partial charge in [0.1, 0.15) is 0 Å². The Kier molecular flexibility index (Phi) is 6.45. The number of benzene rings is 2. The van der Waals surface area contributed by atoms with Crippen LogP contribution in [0, 0.1) is 0 Å². The minimum Gasteiger partial charge on any atom is -0.327 e. The van der Waals surface area contributed by atoms with Crippen molar-refractivity contribution < 1.29 is 0 Å². The molecule has 0 amide bonds. The van der Waals surface area contributed by atoms with Gasteiger partial charge in [-0.1, -0.05) is 60.7 Å². The van der Waals surface area contributed by atoms with Crippen LogP contribution in [0.2, 0.25) is 0 Å². The highest BCUT2D eigenvalue weighted by Gasteiger charge is 2.10. The van der Waals surface area contributed by atoms with E-state index in [4.69, 9.17) is 5.73 Å². The monoisotopic (exact) mass is 282 g/mol. The van der Waals surface area contributed by atoms with Crippen LogP contribution in [0.25, 0.3) is 0 Å². The average molecular weight is 282 g/mol. The first-order chi connectivity index (χ1) is 10.3. The molecule has 2 rings (SSSR count). The highest BCUT2D eigenvalue weighted by molar-refractivity contribution is 5.17. The zero-order chi connectivity index (χ0) is 14.9. The van der Waals surface area contributed by atoms with Gasteiger partial charge in [-0.3, -0.25) is 0 Å². The van der Waals surface area contributed by atoms with Crippen LogP contribution in [-0.2, 0) is 12.8 Å². The summed E-state index contributed by atoms with van der Waals surface area (Å²) in [5.74, 6) is 0. The van der Waals surface area contributed by atoms with E-state index in [1.807, 2.05) is 13.1 Å². The van der Waals surface area contributed by atoms with Gasteiger partial charge in [0.15, 0.2) is 0 Å². The van der Waals surface area contributed by atoms with Gasteiger partial charge < -0.3 is 11.1 Å². The second-order valence-electron chi connectivity index (χ2n) is 5.70. The molecule has 0 spiro atoms. The molecule has 2 nitrogen and oxygen atoms in total. The lowest BCUT2D eigenvalue weighted by Gasteiger charge is -2.19. The SMILES string of the molecule is CN[C@H](CC[C@@H](N)Cc1ccccc1)Cc1ccccc1. The van der Waals surface area contributed by atoms with Gasteiger partial charge in [0.05, 0.1) is 0 Å². The molecule has 0 bridgehead atoms. The smallest absolute Gasteiger partial charge is 0.0105 e. The van der Waals surface area contributed by atoms with Gasteiger partial charge in [-0.25, -0.2) is 0 Å². The molecule has 112 valence electrons. The molecule has 0 radical (unpaired) electrons. The van der Waals surface area contributed by atoms with Crippen molar-refractivity contribution in [1.82, 2.24) is 5.32 Å². The fraction of sp³-hybridized carbons (Fsp3) is 0.368. The van der Waals surface area contributed by atoms with E-state index in [2.05, 4.69) is 59.9 Å². The van der Waals surface area contributed by atoms with Crippen LogP contribution >= 0.6 is 0 Å². The molecular weight excluding hydrogens is 256 g/mol. The van der Waals surface area contributed by atoms with Crippen molar-refractivity contribution in [3.8, 4) is 0 Å². The van der Waals surface area contributed by atoms with Crippen LogP contribution in [0.5, 0.6) is 0 Å². The molecule has 0 fully saturated rings. The molecule has 21 heavy (non-hydrogen) atoms. The summed E-state index contributed by atoms with van der Waals surface area (Å²) >= 11 is 0. The fourth-order valence-electron chi connectivity index (χ4n) is 2.68. The third kappa shape index (κ3) is 5.70. The lowest BCUT2D eigenvalue weighted by molar-refractivity contribution is 0.465. The molecule has 2 aromatic rings. The second-order valence-corrected chi connectivity index (χ2v) is 5.70. The summed E-state index contributed by atoms with van der Waals surface area (Å²) in [6, 6.07) is 21.9. The van der Waals surface area contributed by atoms with Gasteiger partial charge in [-0.2, -0.15) is 0 Å². The Balaban J connectivity index is 1.77. The molecule has 0 aromatic heterocycles. The third-order valence-corrected chi connectivity index (χ3v) is 3.96. The van der Waals surface area contributed by atoms with E-state index in [1.54, 1.807) is 0 Å². The first-order valence-electron chi connectivity index (χ1n) is 7.78. The first-order valence-corrected chi connectivity index (χ1v) is 7.78. The van der Waals surface area contributed by atoms with E-state index in [0.29, 0.717) is 6.04 Å². The molecule has 0 heterocycles. The molecule has 0 aliphatic rings. The number of hydrogen-bond acceptors (Lipinski definition) is 2. The molecule has 0 aliphatic heterocycles. The highest BCUT2D eigenvalue weighted by Crippen LogP contribution is 2.11. The first kappa shape index (κ1) is 15.7. The van der Waals surface area contributed by atoms with Gasteiger partial charge >= 0.3 is 0 Å². The van der Waals surface area contributed by atoms with Gasteiger partial charge in [0.2, 0.25) is 0 Å². The van der Waals surface area contributed by atoms with E-state index in [1.165, 1.54) is 11.1 Å². The van der Waals surface area contributed by atoms with Crippen molar-refractivity contribution in [2.45, 2.75) is 37.8 Å². The molecule has 3 N–H and O–H groups in total. The molecule has 2 atom stereocenters. The number of likely N-dealkylation sites (N-methyl/N-ethyl adjacent to an activating group) is 1. The summed E-state index contributed by atoms with van der Waals surface area (Å²) in [5, 5.41) is 3.41. The summed E-state index contributed by atoms with van der Waals surface area (Å²) in [7, 11) is 2.04. The van der Waals surface area contributed by atoms with E-state index in [-0.39, 0.29) is 6.04 Å². The standard InChI is InChI=1S/C19H26N2/c1-21-19(15-17-10-6-3-7-11-17)13-12-18(20)14-16-8-4-2-5-9-16/h2-11,18-19,21H,12-15,20H2,1H3/t18-,19-/m1/s1. The van der Waals surface area contributed by atoms with Crippen LogP contribution in [0.15, 0.2) is 60.7 Å². The van der Waals surface area contributed by atoms with Crippen LogP contribution in [0.4, 0.5) is 0 Å². The van der Waals surface area contributed by atoms with Crippen LogP contribution in [0.1, 0.15) is 24.0 Å². The molecule has 0 aliphatic carbocycles. The van der Waals surface area contributed by atoms with Gasteiger partial charge in [0.25, 0.3) is 0 Å². The summed E-state index contributed by atoms with van der Waals surface area (Å²) in [6.45, 7) is 0. The Labute approximate surface area is 128 Å². The van der Waals surface area contributed by atoms with E-state index < -0.39 is 0 Å². The average Bonchev–Trinajstić information content (AvgIpc) is 2.53. The Morgan fingerprint density at radius 1 is 0.810 bits per heavy atom. The van der Waals surface area contributed by atoms with Crippen LogP contribution < -0.4 is 11.1 Å². The Hall–Kier alpha value is -1.64. The molecule has 2 heteroatoms. The van der Waals surface area contributed by atoms with Crippen molar-refractivity contribution >= 4 is 0 Å². The largest absolute Gasteiger partial charge is 0.327 e. The summed E-state index contributed by atoms with van der Waals surface area (Å²) < 4.78 is 0. The van der Waals surface area contributed by atoms with Crippen molar-refractivity contribution in [3.05, 3.63) is 71.8 Å². The number of nitrogens with two attached hydrogens (primary N) is 1. The minimum atomic E-state index is 0.235. The number of hydrogen-bond donors (Lipinski definition) is 2. The zero-order valence-corrected chi connectivity index (χ0v) is 12.8. The number of nitrogens with one attached hydrogen (secondary N) is 1. The van der Waals surface area contributed by atoms with Gasteiger partial charge in [-0.05, 0) is 43.9 Å². The van der Waals surface area contributed by atoms with Gasteiger partial charge in [-0.15, -0.1) is 0 Å². The van der Waals surface area contributed by atoms with Crippen LogP contribution in [0.3, 0.4) is 0 Å². The fourth-order valence-corrected chi connectivity index (χ4v) is 2.68. The van der Waals surface area contributed by atoms with Crippen molar-refractivity contribution in [2.75, 3.05) is 7.05 Å².